The van der Waals surface area contributed by atoms with E-state index in [9.17, 15) is 35.2 Å². The van der Waals surface area contributed by atoms with Crippen LogP contribution in [0.5, 0.6) is 0 Å². The Morgan fingerprint density at radius 1 is 1.05 bits per heavy atom. The van der Waals surface area contributed by atoms with Crippen molar-refractivity contribution in [3.63, 3.8) is 0 Å². The zero-order valence-electron chi connectivity index (χ0n) is 31.1. The Bertz CT molecular complexity index is 2710. The molecule has 2 saturated carbocycles. The molecular formula is C40H34ClF7N6O3S. The molecule has 5 aromatic rings. The number of hydrogen-bond donors (Lipinski definition) is 1. The number of fused-ring (bicyclic) bond motifs is 4. The van der Waals surface area contributed by atoms with Crippen LogP contribution >= 0.6 is 11.6 Å². The lowest BCUT2D eigenvalue weighted by molar-refractivity contribution is -0.142. The van der Waals surface area contributed by atoms with E-state index < -0.39 is 97.0 Å². The van der Waals surface area contributed by atoms with Gasteiger partial charge in [-0.1, -0.05) is 23.6 Å². The summed E-state index contributed by atoms with van der Waals surface area (Å²) in [6, 6.07) is 9.06. The van der Waals surface area contributed by atoms with Crippen molar-refractivity contribution in [2.75, 3.05) is 5.73 Å². The Morgan fingerprint density at radius 2 is 1.72 bits per heavy atom. The summed E-state index contributed by atoms with van der Waals surface area (Å²) in [6.45, 7) is 1.99. The molecule has 3 aliphatic rings. The van der Waals surface area contributed by atoms with Crippen LogP contribution in [0.3, 0.4) is 0 Å². The Hall–Kier alpha value is -4.95. The Balaban J connectivity index is 1.27. The second-order valence-electron chi connectivity index (χ2n) is 15.7. The third-order valence-electron chi connectivity index (χ3n) is 11.1. The zero-order chi connectivity index (χ0) is 41.9. The number of pyridine rings is 1. The maximum absolute atomic E-state index is 15.4. The molecule has 8 rings (SSSR count). The summed E-state index contributed by atoms with van der Waals surface area (Å²) in [6.07, 6.45) is -4.99. The second kappa shape index (κ2) is 13.6. The summed E-state index contributed by atoms with van der Waals surface area (Å²) >= 11 is 6.53. The van der Waals surface area contributed by atoms with Gasteiger partial charge in [-0.15, -0.1) is 0 Å². The van der Waals surface area contributed by atoms with E-state index in [0.717, 1.165) is 12.1 Å². The molecule has 0 bridgehead atoms. The lowest BCUT2D eigenvalue weighted by Crippen LogP contribution is -2.33. The first-order valence-electron chi connectivity index (χ1n) is 18.3. The minimum absolute atomic E-state index is 0.0639. The molecule has 3 atom stereocenters. The van der Waals surface area contributed by atoms with Crippen molar-refractivity contribution in [2.45, 2.75) is 86.4 Å². The summed E-state index contributed by atoms with van der Waals surface area (Å²) < 4.78 is 129. The van der Waals surface area contributed by atoms with Crippen LogP contribution in [0.2, 0.25) is 5.02 Å². The molecular weight excluding hydrogens is 813 g/mol. The number of aromatic nitrogens is 5. The van der Waals surface area contributed by atoms with Crippen molar-refractivity contribution in [3.05, 3.63) is 93.0 Å². The second-order valence-corrected chi connectivity index (χ2v) is 18.9. The number of carbonyl (C=O) groups is 1. The van der Waals surface area contributed by atoms with Crippen LogP contribution in [-0.4, -0.2) is 48.7 Å². The lowest BCUT2D eigenvalue weighted by Gasteiger charge is -2.22. The van der Waals surface area contributed by atoms with Gasteiger partial charge in [-0.25, -0.2) is 22.2 Å². The van der Waals surface area contributed by atoms with Crippen molar-refractivity contribution in [1.29, 1.82) is 0 Å². The number of carbonyl (C=O) groups excluding carboxylic acids is 1. The predicted molar refractivity (Wildman–Crippen MR) is 201 cm³/mol. The maximum Gasteiger partial charge on any atom is 0.435 e. The van der Waals surface area contributed by atoms with Gasteiger partial charge in [0, 0.05) is 48.1 Å². The minimum Gasteiger partial charge on any atom is -0.382 e. The van der Waals surface area contributed by atoms with Gasteiger partial charge in [0.2, 0.25) is 0 Å². The number of halogens is 8. The Kier molecular flexibility index (Phi) is 9.31. The van der Waals surface area contributed by atoms with Crippen LogP contribution in [0.1, 0.15) is 85.3 Å². The van der Waals surface area contributed by atoms with Gasteiger partial charge in [0.05, 0.1) is 26.9 Å². The van der Waals surface area contributed by atoms with Crippen molar-refractivity contribution in [3.8, 4) is 23.0 Å². The van der Waals surface area contributed by atoms with E-state index >= 15 is 8.78 Å². The molecule has 18 heteroatoms. The topological polar surface area (TPSA) is 126 Å². The van der Waals surface area contributed by atoms with Gasteiger partial charge in [0.1, 0.15) is 34.3 Å². The molecule has 0 amide bonds. The molecule has 3 aliphatic carbocycles. The van der Waals surface area contributed by atoms with E-state index in [2.05, 4.69) is 22.0 Å². The average molecular weight is 847 g/mol. The highest BCUT2D eigenvalue weighted by atomic mass is 35.5. The number of nitrogens with zero attached hydrogens (tertiary/aromatic N) is 5. The standard InChI is InChI=1S/C40H34ClF7N6O3S/c1-38(2,58(56,57)25-5-6-25)11-10-23-4-7-26(27-8-9-30(41)32-34(27)53(3)52-37(32)49)33(50-23)20(12-19-13-21(42)16-22(43)14-19)15-24(55)18-54-36-31(35(51-54)40(46,47)48)28-17-29(28)39(36,44)45/h4,7-9,13-14,16,20,25,28-29H,5-6,12,15,17-18H2,1-3H3,(H2,49,52)/t20-,28+,29-/m1/s1. The number of rotatable bonds is 10. The molecule has 304 valence electrons. The molecule has 58 heavy (non-hydrogen) atoms. The predicted octanol–water partition coefficient (Wildman–Crippen LogP) is 8.27. The van der Waals surface area contributed by atoms with Gasteiger partial charge < -0.3 is 5.73 Å². The van der Waals surface area contributed by atoms with Crippen LogP contribution in [0.25, 0.3) is 22.0 Å². The Labute approximate surface area is 332 Å². The molecule has 0 spiro atoms. The van der Waals surface area contributed by atoms with Gasteiger partial charge >= 0.3 is 6.18 Å². The van der Waals surface area contributed by atoms with Crippen molar-refractivity contribution >= 4 is 43.9 Å². The zero-order valence-corrected chi connectivity index (χ0v) is 32.6. The number of nitrogen functional groups attached to an aromatic ring is 1. The summed E-state index contributed by atoms with van der Waals surface area (Å²) in [4.78, 5) is 18.9. The monoisotopic (exact) mass is 846 g/mol. The number of nitrogens with two attached hydrogens (primary N) is 1. The number of benzene rings is 2. The first-order valence-corrected chi connectivity index (χ1v) is 20.2. The highest BCUT2D eigenvalue weighted by molar-refractivity contribution is 7.93. The van der Waals surface area contributed by atoms with Crippen LogP contribution in [0, 0.1) is 29.4 Å². The van der Waals surface area contributed by atoms with Gasteiger partial charge in [-0.2, -0.15) is 32.1 Å². The third kappa shape index (κ3) is 6.81. The summed E-state index contributed by atoms with van der Waals surface area (Å²) in [7, 11) is -2.03. The first kappa shape index (κ1) is 39.9. The Morgan fingerprint density at radius 3 is 2.38 bits per heavy atom. The number of sulfone groups is 1. The van der Waals surface area contributed by atoms with E-state index in [1.807, 2.05) is 0 Å². The summed E-state index contributed by atoms with van der Waals surface area (Å²) in [5.41, 5.74) is 4.69. The van der Waals surface area contributed by atoms with Gasteiger partial charge in [0.25, 0.3) is 5.92 Å². The first-order chi connectivity index (χ1) is 27.1. The average Bonchev–Trinajstić information content (AvgIpc) is 4.04. The van der Waals surface area contributed by atoms with Crippen LogP contribution < -0.4 is 5.73 Å². The fourth-order valence-electron chi connectivity index (χ4n) is 8.17. The molecule has 2 fully saturated rings. The molecule has 2 aromatic carbocycles. The molecule has 3 aromatic heterocycles. The molecule has 0 saturated heterocycles. The lowest BCUT2D eigenvalue weighted by atomic mass is 9.86. The fourth-order valence-corrected chi connectivity index (χ4v) is 10.2. The normalized spacial score (nSPS) is 19.1. The molecule has 3 heterocycles. The van der Waals surface area contributed by atoms with Crippen LogP contribution in [0.15, 0.2) is 42.5 Å². The molecule has 2 N–H and O–H groups in total. The third-order valence-corrected chi connectivity index (χ3v) is 14.3. The SMILES string of the molecule is Cn1nc(N)c2c(Cl)ccc(-c3ccc(C#CC(C)(C)S(=O)(=O)C4CC4)nc3[C@@H](CC(=O)Cn3nc(C(F)(F)F)c4c3C(F)(F)[C@@H]3C[C@H]43)Cc3cc(F)cc(F)c3)c21. The van der Waals surface area contributed by atoms with Gasteiger partial charge in [-0.3, -0.25) is 14.2 Å². The smallest absolute Gasteiger partial charge is 0.382 e. The van der Waals surface area contributed by atoms with E-state index in [1.54, 1.807) is 25.2 Å². The summed E-state index contributed by atoms with van der Waals surface area (Å²) in [5, 5.41) is 7.93. The molecule has 0 aliphatic heterocycles. The van der Waals surface area contributed by atoms with Crippen LogP contribution in [-0.2, 0) is 46.7 Å². The maximum atomic E-state index is 15.4. The number of hydrogen-bond acceptors (Lipinski definition) is 7. The molecule has 9 nitrogen and oxygen atoms in total. The van der Waals surface area contributed by atoms with Crippen LogP contribution in [0.4, 0.5) is 36.6 Å². The van der Waals surface area contributed by atoms with Gasteiger partial charge in [-0.05, 0) is 87.3 Å². The molecule has 0 radical (unpaired) electrons. The van der Waals surface area contributed by atoms with Crippen molar-refractivity contribution in [2.24, 2.45) is 13.0 Å². The summed E-state index contributed by atoms with van der Waals surface area (Å²) in [5.74, 6) is -4.05. The number of ketones is 1. The molecule has 0 unspecified atom stereocenters. The number of anilines is 1. The fraction of sp³-hybridized carbons (Fsp3) is 0.400. The van der Waals surface area contributed by atoms with Gasteiger partial charge in [0.15, 0.2) is 27.1 Å². The van der Waals surface area contributed by atoms with E-state index in [1.165, 1.54) is 24.6 Å². The number of aryl methyl sites for hydroxylation is 1. The highest BCUT2D eigenvalue weighted by Crippen LogP contribution is 2.68. The number of Topliss-reactive ketones (excluding diaryl/α,β-unsaturated/α-hetero) is 1. The van der Waals surface area contributed by atoms with Crippen molar-refractivity contribution < 1.29 is 43.9 Å². The van der Waals surface area contributed by atoms with Crippen molar-refractivity contribution in [1.82, 2.24) is 24.5 Å². The van der Waals surface area contributed by atoms with E-state index in [4.69, 9.17) is 22.3 Å². The quantitative estimate of drug-likeness (QED) is 0.111. The number of alkyl halides is 5. The van der Waals surface area contributed by atoms with E-state index in [0.29, 0.717) is 45.6 Å². The minimum atomic E-state index is -5.05. The van der Waals surface area contributed by atoms with E-state index in [-0.39, 0.29) is 40.6 Å². The highest BCUT2D eigenvalue weighted by Gasteiger charge is 2.68. The largest absolute Gasteiger partial charge is 0.435 e.